The van der Waals surface area contributed by atoms with Gasteiger partial charge in [-0.05, 0) is 17.7 Å². The van der Waals surface area contributed by atoms with Gasteiger partial charge in [-0.25, -0.2) is 9.18 Å². The Morgan fingerprint density at radius 2 is 2.19 bits per heavy atom. The molecule has 8 heteroatoms. The number of carbonyl (C=O) groups is 2. The maximum Gasteiger partial charge on any atom is 0.315 e. The predicted octanol–water partition coefficient (Wildman–Crippen LogP) is 1.38. The number of carboxylic acid groups (broad SMARTS) is 1. The standard InChI is InChI=1S/C13H14ClFN2O4/c14-9-3-7(1-2-10(9)15)4-16-13(20)17-11-6-21-5-8(11)12(18)19/h1-3,8,11H,4-6H2,(H,18,19)(H2,16,17,20). The Labute approximate surface area is 125 Å². The first kappa shape index (κ1) is 15.5. The van der Waals surface area contributed by atoms with Crippen LogP contribution in [0.5, 0.6) is 0 Å². The van der Waals surface area contributed by atoms with Crippen molar-refractivity contribution in [3.63, 3.8) is 0 Å². The van der Waals surface area contributed by atoms with E-state index in [1.54, 1.807) is 0 Å². The lowest BCUT2D eigenvalue weighted by Gasteiger charge is -2.16. The topological polar surface area (TPSA) is 87.7 Å². The number of carbonyl (C=O) groups excluding carboxylic acids is 1. The minimum absolute atomic E-state index is 0.0233. The van der Waals surface area contributed by atoms with Crippen molar-refractivity contribution in [3.05, 3.63) is 34.6 Å². The molecule has 1 aromatic rings. The molecule has 0 aliphatic carbocycles. The Balaban J connectivity index is 1.84. The molecular weight excluding hydrogens is 303 g/mol. The zero-order valence-electron chi connectivity index (χ0n) is 10.9. The number of urea groups is 1. The van der Waals surface area contributed by atoms with Crippen LogP contribution in [-0.2, 0) is 16.1 Å². The van der Waals surface area contributed by atoms with Crippen LogP contribution in [0.3, 0.4) is 0 Å². The lowest BCUT2D eigenvalue weighted by Crippen LogP contribution is -2.47. The third-order valence-corrected chi connectivity index (χ3v) is 3.44. The number of nitrogens with one attached hydrogen (secondary N) is 2. The highest BCUT2D eigenvalue weighted by molar-refractivity contribution is 6.30. The molecule has 0 saturated carbocycles. The Hall–Kier alpha value is -1.86. The molecule has 1 fully saturated rings. The van der Waals surface area contributed by atoms with Gasteiger partial charge in [0.15, 0.2) is 0 Å². The highest BCUT2D eigenvalue weighted by atomic mass is 35.5. The van der Waals surface area contributed by atoms with Crippen LogP contribution in [0.15, 0.2) is 18.2 Å². The highest BCUT2D eigenvalue weighted by Crippen LogP contribution is 2.16. The van der Waals surface area contributed by atoms with Crippen LogP contribution in [-0.4, -0.2) is 36.4 Å². The molecule has 0 aromatic heterocycles. The fraction of sp³-hybridized carbons (Fsp3) is 0.385. The number of hydrogen-bond donors (Lipinski definition) is 3. The Morgan fingerprint density at radius 3 is 2.86 bits per heavy atom. The van der Waals surface area contributed by atoms with E-state index in [2.05, 4.69) is 10.6 Å². The van der Waals surface area contributed by atoms with E-state index in [9.17, 15) is 14.0 Å². The second-order valence-electron chi connectivity index (χ2n) is 4.66. The van der Waals surface area contributed by atoms with Crippen molar-refractivity contribution in [2.45, 2.75) is 12.6 Å². The summed E-state index contributed by atoms with van der Waals surface area (Å²) in [6.07, 6.45) is 0. The van der Waals surface area contributed by atoms with Crippen molar-refractivity contribution in [2.75, 3.05) is 13.2 Å². The van der Waals surface area contributed by atoms with Gasteiger partial charge in [0.05, 0.1) is 24.3 Å². The van der Waals surface area contributed by atoms with Crippen LogP contribution in [0.25, 0.3) is 0 Å². The second-order valence-corrected chi connectivity index (χ2v) is 5.07. The number of rotatable bonds is 4. The first-order valence-electron chi connectivity index (χ1n) is 6.26. The fourth-order valence-corrected chi connectivity index (χ4v) is 2.19. The van der Waals surface area contributed by atoms with Gasteiger partial charge in [0, 0.05) is 6.54 Å². The maximum atomic E-state index is 13.0. The van der Waals surface area contributed by atoms with Gasteiger partial charge in [-0.2, -0.15) is 0 Å². The highest BCUT2D eigenvalue weighted by Gasteiger charge is 2.34. The van der Waals surface area contributed by atoms with Gasteiger partial charge in [0.1, 0.15) is 11.7 Å². The van der Waals surface area contributed by atoms with Gasteiger partial charge >= 0.3 is 12.0 Å². The van der Waals surface area contributed by atoms with E-state index < -0.39 is 29.8 Å². The summed E-state index contributed by atoms with van der Waals surface area (Å²) in [5.41, 5.74) is 0.633. The van der Waals surface area contributed by atoms with Gasteiger partial charge < -0.3 is 20.5 Å². The lowest BCUT2D eigenvalue weighted by molar-refractivity contribution is -0.142. The van der Waals surface area contributed by atoms with E-state index >= 15 is 0 Å². The fourth-order valence-electron chi connectivity index (χ4n) is 1.99. The zero-order chi connectivity index (χ0) is 15.4. The molecule has 6 nitrogen and oxygen atoms in total. The van der Waals surface area contributed by atoms with E-state index in [0.29, 0.717) is 5.56 Å². The molecule has 2 rings (SSSR count). The first-order chi connectivity index (χ1) is 9.97. The van der Waals surface area contributed by atoms with Crippen LogP contribution in [0.2, 0.25) is 5.02 Å². The molecule has 3 N–H and O–H groups in total. The average Bonchev–Trinajstić information content (AvgIpc) is 2.88. The summed E-state index contributed by atoms with van der Waals surface area (Å²) in [5, 5.41) is 14.0. The maximum absolute atomic E-state index is 13.0. The van der Waals surface area contributed by atoms with Gasteiger partial charge in [0.2, 0.25) is 0 Å². The number of benzene rings is 1. The molecule has 1 saturated heterocycles. The number of aliphatic carboxylic acids is 1. The smallest absolute Gasteiger partial charge is 0.315 e. The molecule has 1 aliphatic heterocycles. The molecule has 1 heterocycles. The van der Waals surface area contributed by atoms with Crippen LogP contribution in [0.1, 0.15) is 5.56 Å². The molecule has 2 amide bonds. The summed E-state index contributed by atoms with van der Waals surface area (Å²) >= 11 is 5.64. The SMILES string of the molecule is O=C(NCc1ccc(F)c(Cl)c1)NC1COCC1C(=O)O. The van der Waals surface area contributed by atoms with Crippen molar-refractivity contribution < 1.29 is 23.8 Å². The quantitative estimate of drug-likeness (QED) is 0.783. The summed E-state index contributed by atoms with van der Waals surface area (Å²) in [4.78, 5) is 22.7. The normalized spacial score (nSPS) is 21.0. The van der Waals surface area contributed by atoms with E-state index in [0.717, 1.165) is 0 Å². The summed E-state index contributed by atoms with van der Waals surface area (Å²) in [7, 11) is 0. The summed E-state index contributed by atoms with van der Waals surface area (Å²) in [5.74, 6) is -2.29. The van der Waals surface area contributed by atoms with Crippen LogP contribution >= 0.6 is 11.6 Å². The van der Waals surface area contributed by atoms with E-state index in [1.807, 2.05) is 0 Å². The number of ether oxygens (including phenoxy) is 1. The van der Waals surface area contributed by atoms with Crippen LogP contribution in [0.4, 0.5) is 9.18 Å². The van der Waals surface area contributed by atoms with Crippen LogP contribution in [0, 0.1) is 11.7 Å². The Bertz CT molecular complexity index is 555. The Morgan fingerprint density at radius 1 is 1.43 bits per heavy atom. The predicted molar refractivity (Wildman–Crippen MR) is 72.5 cm³/mol. The second kappa shape index (κ2) is 6.73. The van der Waals surface area contributed by atoms with E-state index in [4.69, 9.17) is 21.4 Å². The third-order valence-electron chi connectivity index (χ3n) is 3.15. The first-order valence-corrected chi connectivity index (χ1v) is 6.64. The molecule has 2 atom stereocenters. The molecule has 114 valence electrons. The number of amides is 2. The minimum Gasteiger partial charge on any atom is -0.481 e. The minimum atomic E-state index is -1.01. The molecule has 1 aromatic carbocycles. The van der Waals surface area contributed by atoms with E-state index in [1.165, 1.54) is 18.2 Å². The number of hydrogen-bond acceptors (Lipinski definition) is 3. The van der Waals surface area contributed by atoms with Gasteiger partial charge in [-0.3, -0.25) is 4.79 Å². The third kappa shape index (κ3) is 4.05. The largest absolute Gasteiger partial charge is 0.481 e. The van der Waals surface area contributed by atoms with Gasteiger partial charge in [-0.15, -0.1) is 0 Å². The van der Waals surface area contributed by atoms with Crippen molar-refractivity contribution >= 4 is 23.6 Å². The van der Waals surface area contributed by atoms with Crippen molar-refractivity contribution in [1.82, 2.24) is 10.6 Å². The molecular formula is C13H14ClFN2O4. The van der Waals surface area contributed by atoms with Gasteiger partial charge in [-0.1, -0.05) is 17.7 Å². The van der Waals surface area contributed by atoms with Crippen molar-refractivity contribution in [2.24, 2.45) is 5.92 Å². The summed E-state index contributed by atoms with van der Waals surface area (Å²) in [6.45, 7) is 0.387. The van der Waals surface area contributed by atoms with Crippen LogP contribution < -0.4 is 10.6 Å². The summed E-state index contributed by atoms with van der Waals surface area (Å²) < 4.78 is 18.0. The van der Waals surface area contributed by atoms with E-state index in [-0.39, 0.29) is 24.8 Å². The molecule has 1 aliphatic rings. The molecule has 0 spiro atoms. The number of halogens is 2. The zero-order valence-corrected chi connectivity index (χ0v) is 11.7. The van der Waals surface area contributed by atoms with Crippen molar-refractivity contribution in [3.8, 4) is 0 Å². The average molecular weight is 317 g/mol. The van der Waals surface area contributed by atoms with Gasteiger partial charge in [0.25, 0.3) is 0 Å². The van der Waals surface area contributed by atoms with Crippen molar-refractivity contribution in [1.29, 1.82) is 0 Å². The summed E-state index contributed by atoms with van der Waals surface area (Å²) in [6, 6.07) is 3.04. The molecule has 2 unspecified atom stereocenters. The molecule has 21 heavy (non-hydrogen) atoms. The Kier molecular flexibility index (Phi) is 4.98. The molecule has 0 radical (unpaired) electrons. The number of carboxylic acids is 1. The lowest BCUT2D eigenvalue weighted by atomic mass is 10.0. The monoisotopic (exact) mass is 316 g/mol. The molecule has 0 bridgehead atoms.